The van der Waals surface area contributed by atoms with E-state index in [1.807, 2.05) is 13.8 Å². The van der Waals surface area contributed by atoms with Gasteiger partial charge in [-0.2, -0.15) is 0 Å². The molecule has 0 aliphatic heterocycles. The highest BCUT2D eigenvalue weighted by molar-refractivity contribution is 4.50. The van der Waals surface area contributed by atoms with Gasteiger partial charge in [-0.1, -0.05) is 103 Å². The summed E-state index contributed by atoms with van der Waals surface area (Å²) in [6, 6.07) is 0. The van der Waals surface area contributed by atoms with Crippen LogP contribution in [0.1, 0.15) is 124 Å². The van der Waals surface area contributed by atoms with Crippen LogP contribution in [0.15, 0.2) is 0 Å². The summed E-state index contributed by atoms with van der Waals surface area (Å²) in [6.45, 7) is 15.3. The largest absolute Gasteiger partial charge is 0.379 e. The summed E-state index contributed by atoms with van der Waals surface area (Å²) in [6.07, 6.45) is 22.5. The molecule has 0 N–H and O–H groups in total. The van der Waals surface area contributed by atoms with E-state index in [9.17, 15) is 0 Å². The number of ether oxygens (including phenoxy) is 8. The van der Waals surface area contributed by atoms with E-state index in [-0.39, 0.29) is 6.10 Å². The zero-order valence-electron chi connectivity index (χ0n) is 28.8. The third-order valence-corrected chi connectivity index (χ3v) is 7.05. The lowest BCUT2D eigenvalue weighted by atomic mass is 10.0. The Labute approximate surface area is 266 Å². The van der Waals surface area contributed by atoms with Crippen molar-refractivity contribution in [1.82, 2.24) is 0 Å². The zero-order valence-corrected chi connectivity index (χ0v) is 28.8. The van der Waals surface area contributed by atoms with Gasteiger partial charge in [-0.05, 0) is 20.3 Å². The van der Waals surface area contributed by atoms with Gasteiger partial charge in [0.1, 0.15) is 0 Å². The second-order valence-corrected chi connectivity index (χ2v) is 11.5. The molecule has 0 spiro atoms. The van der Waals surface area contributed by atoms with Crippen LogP contribution >= 0.6 is 0 Å². The second-order valence-electron chi connectivity index (χ2n) is 11.5. The van der Waals surface area contributed by atoms with Crippen LogP contribution in [0.25, 0.3) is 0 Å². The van der Waals surface area contributed by atoms with E-state index < -0.39 is 0 Å². The maximum Gasteiger partial charge on any atom is 0.0703 e. The third kappa shape index (κ3) is 41.7. The van der Waals surface area contributed by atoms with Gasteiger partial charge in [-0.3, -0.25) is 0 Å². The first-order chi connectivity index (χ1) is 21.3. The quantitative estimate of drug-likeness (QED) is 0.0645. The Hall–Kier alpha value is -0.320. The average Bonchev–Trinajstić information content (AvgIpc) is 3.00. The van der Waals surface area contributed by atoms with Crippen LogP contribution in [-0.4, -0.2) is 105 Å². The highest BCUT2D eigenvalue weighted by Gasteiger charge is 1.97. The molecule has 0 saturated heterocycles. The predicted molar refractivity (Wildman–Crippen MR) is 176 cm³/mol. The lowest BCUT2D eigenvalue weighted by molar-refractivity contribution is -0.0256. The molecule has 0 aliphatic carbocycles. The van der Waals surface area contributed by atoms with Crippen LogP contribution in [0.5, 0.6) is 0 Å². The van der Waals surface area contributed by atoms with Crippen molar-refractivity contribution in [2.75, 3.05) is 99.1 Å². The van der Waals surface area contributed by atoms with Crippen LogP contribution in [0.3, 0.4) is 0 Å². The molecule has 0 aromatic rings. The topological polar surface area (TPSA) is 73.8 Å². The van der Waals surface area contributed by atoms with Gasteiger partial charge >= 0.3 is 0 Å². The van der Waals surface area contributed by atoms with Crippen LogP contribution < -0.4 is 0 Å². The Balaban J connectivity index is 3.03. The minimum Gasteiger partial charge on any atom is -0.379 e. The molecule has 43 heavy (non-hydrogen) atoms. The van der Waals surface area contributed by atoms with Crippen molar-refractivity contribution in [3.63, 3.8) is 0 Å². The third-order valence-electron chi connectivity index (χ3n) is 7.05. The minimum atomic E-state index is 0.243. The monoisotopic (exact) mass is 621 g/mol. The van der Waals surface area contributed by atoms with Crippen LogP contribution in [-0.2, 0) is 37.9 Å². The molecule has 0 bridgehead atoms. The molecule has 0 fully saturated rings. The van der Waals surface area contributed by atoms with Gasteiger partial charge in [-0.25, -0.2) is 0 Å². The first-order valence-corrected chi connectivity index (χ1v) is 17.9. The Bertz CT molecular complexity index is 481. The normalized spacial score (nSPS) is 11.7. The number of unbranched alkanes of at least 4 members (excludes halogenated alkanes) is 15. The SMILES string of the molecule is CCCCCCCCCCCCCCCCCCOCCOCCOCCOCCOCCOCCOCCOC(C)C. The molecule has 0 unspecified atom stereocenters. The van der Waals surface area contributed by atoms with Gasteiger partial charge in [-0.15, -0.1) is 0 Å². The Morgan fingerprint density at radius 1 is 0.279 bits per heavy atom. The van der Waals surface area contributed by atoms with Crippen molar-refractivity contribution in [2.24, 2.45) is 0 Å². The van der Waals surface area contributed by atoms with Crippen molar-refractivity contribution < 1.29 is 37.9 Å². The number of hydrogen-bond acceptors (Lipinski definition) is 8. The van der Waals surface area contributed by atoms with E-state index in [0.29, 0.717) is 92.5 Å². The number of rotatable bonds is 39. The highest BCUT2D eigenvalue weighted by Crippen LogP contribution is 2.13. The molecule has 0 aliphatic rings. The highest BCUT2D eigenvalue weighted by atomic mass is 16.6. The van der Waals surface area contributed by atoms with E-state index in [0.717, 1.165) is 13.0 Å². The molecule has 0 amide bonds. The Morgan fingerprint density at radius 3 is 0.791 bits per heavy atom. The van der Waals surface area contributed by atoms with E-state index in [1.54, 1.807) is 0 Å². The van der Waals surface area contributed by atoms with E-state index in [2.05, 4.69) is 6.92 Å². The van der Waals surface area contributed by atoms with E-state index in [1.165, 1.54) is 96.3 Å². The zero-order chi connectivity index (χ0) is 31.2. The van der Waals surface area contributed by atoms with Gasteiger partial charge in [0, 0.05) is 6.61 Å². The van der Waals surface area contributed by atoms with Gasteiger partial charge in [0.15, 0.2) is 0 Å². The molecule has 0 saturated carbocycles. The first-order valence-electron chi connectivity index (χ1n) is 17.9. The molecule has 260 valence electrons. The summed E-state index contributed by atoms with van der Waals surface area (Å²) in [7, 11) is 0. The van der Waals surface area contributed by atoms with Crippen molar-refractivity contribution in [2.45, 2.75) is 130 Å². The Kier molecular flexibility index (Phi) is 39.4. The molecule has 8 nitrogen and oxygen atoms in total. The molecule has 8 heteroatoms. The average molecular weight is 621 g/mol. The van der Waals surface area contributed by atoms with E-state index >= 15 is 0 Å². The molecular weight excluding hydrogens is 548 g/mol. The summed E-state index contributed by atoms with van der Waals surface area (Å²) in [5.74, 6) is 0. The summed E-state index contributed by atoms with van der Waals surface area (Å²) in [5, 5.41) is 0. The van der Waals surface area contributed by atoms with Crippen molar-refractivity contribution in [3.8, 4) is 0 Å². The Morgan fingerprint density at radius 2 is 0.512 bits per heavy atom. The fourth-order valence-corrected chi connectivity index (χ4v) is 4.52. The summed E-state index contributed by atoms with van der Waals surface area (Å²) >= 11 is 0. The van der Waals surface area contributed by atoms with Crippen molar-refractivity contribution in [3.05, 3.63) is 0 Å². The molecule has 0 atom stereocenters. The molecule has 0 heterocycles. The maximum atomic E-state index is 5.68. The van der Waals surface area contributed by atoms with Crippen LogP contribution in [0, 0.1) is 0 Å². The van der Waals surface area contributed by atoms with Gasteiger partial charge < -0.3 is 37.9 Å². The van der Waals surface area contributed by atoms with Gasteiger partial charge in [0.2, 0.25) is 0 Å². The summed E-state index contributed by atoms with van der Waals surface area (Å²) < 4.78 is 44.0. The van der Waals surface area contributed by atoms with Crippen LogP contribution in [0.4, 0.5) is 0 Å². The standard InChI is InChI=1S/C35H72O8/c1-4-5-6-7-8-9-10-11-12-13-14-15-16-17-18-19-20-36-21-22-37-23-24-38-25-26-39-27-28-40-29-30-41-31-32-42-33-34-43-35(2)3/h35H,4-34H2,1-3H3. The molecule has 0 rings (SSSR count). The lowest BCUT2D eigenvalue weighted by Crippen LogP contribution is -2.15. The van der Waals surface area contributed by atoms with Crippen molar-refractivity contribution >= 4 is 0 Å². The fourth-order valence-electron chi connectivity index (χ4n) is 4.52. The number of hydrogen-bond donors (Lipinski definition) is 0. The second kappa shape index (κ2) is 39.7. The van der Waals surface area contributed by atoms with Crippen LogP contribution in [0.2, 0.25) is 0 Å². The van der Waals surface area contributed by atoms with E-state index in [4.69, 9.17) is 37.9 Å². The smallest absolute Gasteiger partial charge is 0.0703 e. The minimum absolute atomic E-state index is 0.243. The molecule has 0 aromatic carbocycles. The predicted octanol–water partition coefficient (Wildman–Crippen LogP) is 7.79. The summed E-state index contributed by atoms with van der Waals surface area (Å²) in [4.78, 5) is 0. The maximum absolute atomic E-state index is 5.68. The molecule has 0 radical (unpaired) electrons. The van der Waals surface area contributed by atoms with Gasteiger partial charge in [0.25, 0.3) is 0 Å². The van der Waals surface area contributed by atoms with Gasteiger partial charge in [0.05, 0.1) is 98.6 Å². The molecule has 0 aromatic heterocycles. The van der Waals surface area contributed by atoms with Crippen molar-refractivity contribution in [1.29, 1.82) is 0 Å². The first kappa shape index (κ1) is 42.7. The fraction of sp³-hybridized carbons (Fsp3) is 1.00. The summed E-state index contributed by atoms with van der Waals surface area (Å²) in [5.41, 5.74) is 0. The molecular formula is C35H72O8. The lowest BCUT2D eigenvalue weighted by Gasteiger charge is -2.09.